The minimum atomic E-state index is -1.15. The lowest BCUT2D eigenvalue weighted by atomic mass is 9.91. The predicted octanol–water partition coefficient (Wildman–Crippen LogP) is 3.75. The summed E-state index contributed by atoms with van der Waals surface area (Å²) in [5, 5.41) is 0. The van der Waals surface area contributed by atoms with Crippen LogP contribution in [0.15, 0.2) is 48.5 Å². The monoisotopic (exact) mass is 407 g/mol. The zero-order valence-corrected chi connectivity index (χ0v) is 17.2. The Balaban J connectivity index is 1.17. The summed E-state index contributed by atoms with van der Waals surface area (Å²) in [6.07, 6.45) is -0.349. The van der Waals surface area contributed by atoms with E-state index in [4.69, 9.17) is 18.9 Å². The summed E-state index contributed by atoms with van der Waals surface area (Å²) in [7, 11) is 0. The van der Waals surface area contributed by atoms with E-state index in [1.807, 2.05) is 31.2 Å². The number of rotatable bonds is 3. The normalized spacial score (nSPS) is 33.9. The van der Waals surface area contributed by atoms with Crippen molar-refractivity contribution in [1.29, 1.82) is 0 Å². The van der Waals surface area contributed by atoms with Crippen molar-refractivity contribution in [2.24, 2.45) is 5.41 Å². The zero-order valence-electron chi connectivity index (χ0n) is 17.2. The number of nitrogens with zero attached hydrogens (tertiary/aromatic N) is 1. The Morgan fingerprint density at radius 1 is 1.00 bits per heavy atom. The third-order valence-corrected chi connectivity index (χ3v) is 6.88. The first-order chi connectivity index (χ1) is 14.5. The van der Waals surface area contributed by atoms with Crippen LogP contribution in [0.3, 0.4) is 0 Å². The first-order valence-electron chi connectivity index (χ1n) is 10.6. The number of carbonyl (C=O) groups excluding carboxylic acids is 1. The molecule has 4 heterocycles. The second kappa shape index (κ2) is 6.30. The lowest BCUT2D eigenvalue weighted by molar-refractivity contribution is -0.467. The highest BCUT2D eigenvalue weighted by Crippen LogP contribution is 2.49. The van der Waals surface area contributed by atoms with Gasteiger partial charge in [0.25, 0.3) is 0 Å². The summed E-state index contributed by atoms with van der Waals surface area (Å²) in [6, 6.07) is 16.3. The standard InChI is InChI=1S/C24H25NO5/c1-15-21(24-28-12-23(2,13-29-24)14-30-24)25(15)22(26)27-11-20-18-9-5-3-7-16(18)17-8-4-6-10-19(17)20/h3-10,15,20-21H,11-14H2,1-2H3/t15-,21-,23?,24?,25?/m0/s1. The molecule has 1 aliphatic carbocycles. The van der Waals surface area contributed by atoms with Crippen molar-refractivity contribution >= 4 is 6.09 Å². The van der Waals surface area contributed by atoms with Crippen molar-refractivity contribution in [2.45, 2.75) is 37.8 Å². The average molecular weight is 407 g/mol. The van der Waals surface area contributed by atoms with Crippen LogP contribution in [0.2, 0.25) is 0 Å². The lowest BCUT2D eigenvalue weighted by Crippen LogP contribution is -2.62. The van der Waals surface area contributed by atoms with Gasteiger partial charge in [-0.1, -0.05) is 55.5 Å². The second-order valence-electron chi connectivity index (χ2n) is 9.18. The molecule has 7 rings (SSSR count). The quantitative estimate of drug-likeness (QED) is 0.726. The molecule has 1 amide bonds. The number of fused-ring (bicyclic) bond motifs is 6. The van der Waals surface area contributed by atoms with E-state index in [-0.39, 0.29) is 29.5 Å². The molecular formula is C24H25NO5. The van der Waals surface area contributed by atoms with Crippen molar-refractivity contribution < 1.29 is 23.7 Å². The third kappa shape index (κ3) is 2.57. The fourth-order valence-corrected chi connectivity index (χ4v) is 5.09. The molecule has 30 heavy (non-hydrogen) atoms. The fourth-order valence-electron chi connectivity index (χ4n) is 5.09. The highest BCUT2D eigenvalue weighted by molar-refractivity contribution is 5.79. The Hall–Kier alpha value is -2.41. The van der Waals surface area contributed by atoms with Gasteiger partial charge in [-0.2, -0.15) is 0 Å². The van der Waals surface area contributed by atoms with Gasteiger partial charge in [-0.15, -0.1) is 0 Å². The van der Waals surface area contributed by atoms with Gasteiger partial charge in [-0.3, -0.25) is 4.90 Å². The van der Waals surface area contributed by atoms with E-state index >= 15 is 0 Å². The van der Waals surface area contributed by atoms with E-state index in [9.17, 15) is 4.79 Å². The van der Waals surface area contributed by atoms with Crippen LogP contribution in [0, 0.1) is 5.41 Å². The Kier molecular flexibility index (Phi) is 3.85. The summed E-state index contributed by atoms with van der Waals surface area (Å²) < 4.78 is 23.6. The van der Waals surface area contributed by atoms with Gasteiger partial charge in [0.2, 0.25) is 0 Å². The van der Waals surface area contributed by atoms with E-state index < -0.39 is 5.97 Å². The van der Waals surface area contributed by atoms with Gasteiger partial charge in [0.1, 0.15) is 12.6 Å². The number of amides is 1. The van der Waals surface area contributed by atoms with Gasteiger partial charge in [-0.05, 0) is 29.2 Å². The second-order valence-corrected chi connectivity index (χ2v) is 9.18. The van der Waals surface area contributed by atoms with Crippen molar-refractivity contribution in [3.8, 4) is 11.1 Å². The van der Waals surface area contributed by atoms with Crippen molar-refractivity contribution in [2.75, 3.05) is 26.4 Å². The van der Waals surface area contributed by atoms with Crippen LogP contribution in [-0.4, -0.2) is 55.5 Å². The average Bonchev–Trinajstić information content (AvgIpc) is 3.36. The van der Waals surface area contributed by atoms with Crippen LogP contribution in [-0.2, 0) is 18.9 Å². The van der Waals surface area contributed by atoms with E-state index in [2.05, 4.69) is 31.2 Å². The molecule has 4 fully saturated rings. The van der Waals surface area contributed by atoms with Crippen LogP contribution in [0.25, 0.3) is 11.1 Å². The summed E-state index contributed by atoms with van der Waals surface area (Å²) >= 11 is 0. The van der Waals surface area contributed by atoms with Gasteiger partial charge < -0.3 is 18.9 Å². The third-order valence-electron chi connectivity index (χ3n) is 6.88. The van der Waals surface area contributed by atoms with Crippen LogP contribution in [0.4, 0.5) is 4.79 Å². The van der Waals surface area contributed by atoms with Crippen molar-refractivity contribution in [3.05, 3.63) is 59.7 Å². The van der Waals surface area contributed by atoms with Crippen LogP contribution in [0.5, 0.6) is 0 Å². The molecule has 2 aromatic carbocycles. The van der Waals surface area contributed by atoms with E-state index in [1.54, 1.807) is 4.90 Å². The van der Waals surface area contributed by atoms with E-state index in [0.29, 0.717) is 26.4 Å². The minimum absolute atomic E-state index is 0.0436. The Labute approximate surface area is 175 Å². The first-order valence-corrected chi connectivity index (χ1v) is 10.6. The lowest BCUT2D eigenvalue weighted by Gasteiger charge is -2.50. The molecule has 5 aliphatic rings. The molecule has 0 saturated carbocycles. The smallest absolute Gasteiger partial charge is 0.410 e. The van der Waals surface area contributed by atoms with Gasteiger partial charge in [0.15, 0.2) is 0 Å². The summed E-state index contributed by atoms with van der Waals surface area (Å²) in [4.78, 5) is 14.6. The summed E-state index contributed by atoms with van der Waals surface area (Å²) in [6.45, 7) is 6.09. The zero-order chi connectivity index (χ0) is 20.5. The Bertz CT molecular complexity index is 950. The number of hydrogen-bond donors (Lipinski definition) is 0. The molecule has 4 aliphatic heterocycles. The maximum atomic E-state index is 12.9. The molecule has 0 spiro atoms. The number of carbonyl (C=O) groups is 1. The fraction of sp³-hybridized carbons (Fsp3) is 0.458. The number of benzene rings is 2. The number of ether oxygens (including phenoxy) is 4. The molecule has 6 heteroatoms. The number of hydrogen-bond acceptors (Lipinski definition) is 5. The molecule has 0 unspecified atom stereocenters. The predicted molar refractivity (Wildman–Crippen MR) is 109 cm³/mol. The van der Waals surface area contributed by atoms with Gasteiger partial charge in [0, 0.05) is 11.3 Å². The highest BCUT2D eigenvalue weighted by atomic mass is 16.9. The van der Waals surface area contributed by atoms with Crippen LogP contribution in [0.1, 0.15) is 30.9 Å². The molecule has 6 nitrogen and oxygen atoms in total. The highest BCUT2D eigenvalue weighted by Gasteiger charge is 2.68. The van der Waals surface area contributed by atoms with Gasteiger partial charge in [-0.25, -0.2) is 4.79 Å². The first kappa shape index (κ1) is 18.4. The Morgan fingerprint density at radius 3 is 2.10 bits per heavy atom. The van der Waals surface area contributed by atoms with E-state index in [1.165, 1.54) is 22.3 Å². The molecule has 0 aromatic heterocycles. The maximum Gasteiger partial charge on any atom is 0.410 e. The van der Waals surface area contributed by atoms with Gasteiger partial charge >= 0.3 is 12.1 Å². The molecule has 2 aromatic rings. The summed E-state index contributed by atoms with van der Waals surface area (Å²) in [5.74, 6) is -1.11. The van der Waals surface area contributed by atoms with E-state index in [0.717, 1.165) is 0 Å². The SMILES string of the molecule is C[C@H]1[C@@H](C23OCC(C)(CO2)CO3)N1C(=O)OCC1c2ccccc2-c2ccccc21. The summed E-state index contributed by atoms with van der Waals surface area (Å²) in [5.41, 5.74) is 4.74. The molecule has 156 valence electrons. The van der Waals surface area contributed by atoms with Gasteiger partial charge in [0.05, 0.1) is 25.9 Å². The Morgan fingerprint density at radius 2 is 1.53 bits per heavy atom. The van der Waals surface area contributed by atoms with Crippen molar-refractivity contribution in [1.82, 2.24) is 4.90 Å². The molecule has 0 N–H and O–H groups in total. The largest absolute Gasteiger partial charge is 0.448 e. The molecule has 2 bridgehead atoms. The molecule has 2 atom stereocenters. The van der Waals surface area contributed by atoms with Crippen LogP contribution >= 0.6 is 0 Å². The molecular weight excluding hydrogens is 382 g/mol. The van der Waals surface area contributed by atoms with Crippen molar-refractivity contribution in [3.63, 3.8) is 0 Å². The topological polar surface area (TPSA) is 57.0 Å². The van der Waals surface area contributed by atoms with Crippen LogP contribution < -0.4 is 0 Å². The molecule has 4 saturated heterocycles. The maximum absolute atomic E-state index is 12.9. The molecule has 0 radical (unpaired) electrons. The minimum Gasteiger partial charge on any atom is -0.448 e.